The SMILES string of the molecule is O=C(CCCCBr)c1ccc(OC(F)(F)F)c(F)c1. The third-order valence-electron chi connectivity index (χ3n) is 2.27. The summed E-state index contributed by atoms with van der Waals surface area (Å²) >= 11 is 3.21. The van der Waals surface area contributed by atoms with Crippen LogP contribution in [0.4, 0.5) is 17.6 Å². The van der Waals surface area contributed by atoms with Crippen molar-refractivity contribution in [3.63, 3.8) is 0 Å². The third-order valence-corrected chi connectivity index (χ3v) is 2.83. The van der Waals surface area contributed by atoms with Crippen LogP contribution in [0.3, 0.4) is 0 Å². The fourth-order valence-electron chi connectivity index (χ4n) is 1.41. The second-order valence-electron chi connectivity index (χ2n) is 3.76. The minimum absolute atomic E-state index is 0.0431. The van der Waals surface area contributed by atoms with Crippen LogP contribution >= 0.6 is 15.9 Å². The standard InChI is InChI=1S/C12H11BrF4O2/c13-6-2-1-3-10(18)8-4-5-11(9(14)7-8)19-12(15,16)17/h4-5,7H,1-3,6H2. The molecule has 0 unspecified atom stereocenters. The lowest BCUT2D eigenvalue weighted by atomic mass is 10.1. The van der Waals surface area contributed by atoms with Crippen molar-refractivity contribution in [1.29, 1.82) is 0 Å². The summed E-state index contributed by atoms with van der Waals surface area (Å²) in [6.45, 7) is 0. The predicted molar refractivity (Wildman–Crippen MR) is 65.1 cm³/mol. The Kier molecular flexibility index (Phi) is 5.78. The quantitative estimate of drug-likeness (QED) is 0.330. The van der Waals surface area contributed by atoms with Crippen LogP contribution in [0.2, 0.25) is 0 Å². The number of benzene rings is 1. The highest BCUT2D eigenvalue weighted by atomic mass is 79.9. The van der Waals surface area contributed by atoms with E-state index in [-0.39, 0.29) is 17.8 Å². The molecule has 1 aromatic carbocycles. The zero-order valence-corrected chi connectivity index (χ0v) is 11.4. The molecule has 0 aliphatic carbocycles. The van der Waals surface area contributed by atoms with E-state index in [0.29, 0.717) is 6.42 Å². The van der Waals surface area contributed by atoms with E-state index in [9.17, 15) is 22.4 Å². The molecule has 0 aliphatic rings. The molecule has 0 atom stereocenters. The fourth-order valence-corrected chi connectivity index (χ4v) is 1.80. The third kappa shape index (κ3) is 5.59. The average Bonchev–Trinajstić information content (AvgIpc) is 2.30. The molecule has 106 valence electrons. The highest BCUT2D eigenvalue weighted by Crippen LogP contribution is 2.26. The Labute approximate surface area is 115 Å². The van der Waals surface area contributed by atoms with Gasteiger partial charge in [-0.2, -0.15) is 0 Å². The highest BCUT2D eigenvalue weighted by molar-refractivity contribution is 9.09. The van der Waals surface area contributed by atoms with Crippen molar-refractivity contribution in [3.8, 4) is 5.75 Å². The number of carbonyl (C=O) groups is 1. The maximum absolute atomic E-state index is 13.3. The van der Waals surface area contributed by atoms with Gasteiger partial charge in [-0.25, -0.2) is 4.39 Å². The number of halogens is 5. The Balaban J connectivity index is 2.73. The lowest BCUT2D eigenvalue weighted by Gasteiger charge is -2.10. The van der Waals surface area contributed by atoms with Gasteiger partial charge < -0.3 is 4.74 Å². The number of hydrogen-bond donors (Lipinski definition) is 0. The summed E-state index contributed by atoms with van der Waals surface area (Å²) in [4.78, 5) is 11.6. The van der Waals surface area contributed by atoms with E-state index in [1.807, 2.05) is 0 Å². The lowest BCUT2D eigenvalue weighted by molar-refractivity contribution is -0.275. The summed E-state index contributed by atoms with van der Waals surface area (Å²) in [5.41, 5.74) is 0.0431. The molecule has 1 rings (SSSR count). The minimum Gasteiger partial charge on any atom is -0.403 e. The van der Waals surface area contributed by atoms with Crippen LogP contribution in [0.5, 0.6) is 5.75 Å². The Morgan fingerprint density at radius 3 is 2.47 bits per heavy atom. The Hall–Kier alpha value is -1.11. The fraction of sp³-hybridized carbons (Fsp3) is 0.417. The van der Waals surface area contributed by atoms with Gasteiger partial charge in [0.15, 0.2) is 17.3 Å². The van der Waals surface area contributed by atoms with Crippen molar-refractivity contribution in [2.45, 2.75) is 25.6 Å². The summed E-state index contributed by atoms with van der Waals surface area (Å²) < 4.78 is 52.6. The van der Waals surface area contributed by atoms with Gasteiger partial charge in [-0.05, 0) is 31.0 Å². The first kappa shape index (κ1) is 15.9. The molecule has 19 heavy (non-hydrogen) atoms. The maximum Gasteiger partial charge on any atom is 0.573 e. The molecule has 0 saturated heterocycles. The molecule has 0 spiro atoms. The molecule has 0 aromatic heterocycles. The Bertz CT molecular complexity index is 446. The number of Topliss-reactive ketones (excluding diaryl/α,β-unsaturated/α-hetero) is 1. The molecule has 0 radical (unpaired) electrons. The van der Waals surface area contributed by atoms with Crippen molar-refractivity contribution >= 4 is 21.7 Å². The molecule has 0 heterocycles. The van der Waals surface area contributed by atoms with Crippen LogP contribution < -0.4 is 4.74 Å². The number of rotatable bonds is 6. The zero-order chi connectivity index (χ0) is 14.5. The first-order valence-electron chi connectivity index (χ1n) is 5.48. The second kappa shape index (κ2) is 6.88. The van der Waals surface area contributed by atoms with Crippen molar-refractivity contribution in [3.05, 3.63) is 29.6 Å². The second-order valence-corrected chi connectivity index (χ2v) is 4.56. The molecule has 0 bridgehead atoms. The molecule has 0 N–H and O–H groups in total. The topological polar surface area (TPSA) is 26.3 Å². The lowest BCUT2D eigenvalue weighted by Crippen LogP contribution is -2.18. The average molecular weight is 343 g/mol. The normalized spacial score (nSPS) is 11.4. The number of hydrogen-bond acceptors (Lipinski definition) is 2. The van der Waals surface area contributed by atoms with Crippen molar-refractivity contribution in [1.82, 2.24) is 0 Å². The Morgan fingerprint density at radius 1 is 1.26 bits per heavy atom. The monoisotopic (exact) mass is 342 g/mol. The number of unbranched alkanes of at least 4 members (excludes halogenated alkanes) is 1. The van der Waals surface area contributed by atoms with Crippen molar-refractivity contribution < 1.29 is 27.1 Å². The molecule has 1 aromatic rings. The maximum atomic E-state index is 13.3. The summed E-state index contributed by atoms with van der Waals surface area (Å²) in [6.07, 6.45) is -3.30. The van der Waals surface area contributed by atoms with Crippen LogP contribution in [0.15, 0.2) is 18.2 Å². The first-order valence-corrected chi connectivity index (χ1v) is 6.60. The van der Waals surface area contributed by atoms with Gasteiger partial charge in [0.2, 0.25) is 0 Å². The molecule has 0 fully saturated rings. The molecule has 0 saturated carbocycles. The van der Waals surface area contributed by atoms with E-state index in [4.69, 9.17) is 0 Å². The van der Waals surface area contributed by atoms with Crippen LogP contribution in [-0.2, 0) is 0 Å². The first-order chi connectivity index (χ1) is 8.83. The van der Waals surface area contributed by atoms with Crippen LogP contribution in [0.25, 0.3) is 0 Å². The van der Waals surface area contributed by atoms with Gasteiger partial charge >= 0.3 is 6.36 Å². The smallest absolute Gasteiger partial charge is 0.403 e. The highest BCUT2D eigenvalue weighted by Gasteiger charge is 2.32. The summed E-state index contributed by atoms with van der Waals surface area (Å²) in [7, 11) is 0. The minimum atomic E-state index is -4.96. The molecule has 7 heteroatoms. The van der Waals surface area contributed by atoms with Gasteiger partial charge in [-0.15, -0.1) is 13.2 Å². The molecular weight excluding hydrogens is 332 g/mol. The number of ketones is 1. The predicted octanol–water partition coefficient (Wildman–Crippen LogP) is 4.47. The van der Waals surface area contributed by atoms with Gasteiger partial charge in [-0.1, -0.05) is 15.9 Å². The van der Waals surface area contributed by atoms with E-state index in [1.54, 1.807) is 0 Å². The number of carbonyl (C=O) groups excluding carboxylic acids is 1. The van der Waals surface area contributed by atoms with Crippen LogP contribution in [0.1, 0.15) is 29.6 Å². The van der Waals surface area contributed by atoms with Gasteiger partial charge in [0.05, 0.1) is 0 Å². The zero-order valence-electron chi connectivity index (χ0n) is 9.77. The summed E-state index contributed by atoms with van der Waals surface area (Å²) in [5.74, 6) is -2.45. The van der Waals surface area contributed by atoms with Crippen LogP contribution in [0, 0.1) is 5.82 Å². The van der Waals surface area contributed by atoms with Gasteiger partial charge in [-0.3, -0.25) is 4.79 Å². The van der Waals surface area contributed by atoms with E-state index >= 15 is 0 Å². The molecule has 0 aliphatic heterocycles. The van der Waals surface area contributed by atoms with Gasteiger partial charge in [0, 0.05) is 17.3 Å². The van der Waals surface area contributed by atoms with Gasteiger partial charge in [0.1, 0.15) is 0 Å². The number of ether oxygens (including phenoxy) is 1. The molecule has 2 nitrogen and oxygen atoms in total. The number of alkyl halides is 4. The summed E-state index contributed by atoms with van der Waals surface area (Å²) in [6, 6.07) is 2.69. The Morgan fingerprint density at radius 2 is 1.95 bits per heavy atom. The van der Waals surface area contributed by atoms with E-state index in [1.165, 1.54) is 0 Å². The van der Waals surface area contributed by atoms with E-state index in [2.05, 4.69) is 20.7 Å². The summed E-state index contributed by atoms with van der Waals surface area (Å²) in [5, 5.41) is 0.757. The van der Waals surface area contributed by atoms with Gasteiger partial charge in [0.25, 0.3) is 0 Å². The van der Waals surface area contributed by atoms with E-state index < -0.39 is 17.9 Å². The largest absolute Gasteiger partial charge is 0.573 e. The van der Waals surface area contributed by atoms with E-state index in [0.717, 1.165) is 30.0 Å². The molecular formula is C12H11BrF4O2. The van der Waals surface area contributed by atoms with Crippen molar-refractivity contribution in [2.24, 2.45) is 0 Å². The molecule has 0 amide bonds. The van der Waals surface area contributed by atoms with Crippen molar-refractivity contribution in [2.75, 3.05) is 5.33 Å². The van der Waals surface area contributed by atoms with Crippen LogP contribution in [-0.4, -0.2) is 17.5 Å².